The third kappa shape index (κ3) is 5.25. The Morgan fingerprint density at radius 1 is 1.07 bits per heavy atom. The minimum atomic E-state index is -4.73. The van der Waals surface area contributed by atoms with Crippen LogP contribution in [0.1, 0.15) is 40.4 Å². The van der Waals surface area contributed by atoms with Gasteiger partial charge in [-0.25, -0.2) is 4.79 Å². The number of halogens is 3. The standard InChI is InChI=1S/C20H19F3O5/c1-3-12-10-15(7-4-13(12)6-9-18(24)25)28-17-8-5-14(19(26)27-2)11-16(17)20(21,22)23/h4-5,7-8,10-11H,3,6,9H2,1-2H3,(H,24,25). The van der Waals surface area contributed by atoms with Gasteiger partial charge in [0.05, 0.1) is 18.2 Å². The lowest BCUT2D eigenvalue weighted by Gasteiger charge is -2.16. The molecule has 1 N–H and O–H groups in total. The first-order valence-electron chi connectivity index (χ1n) is 8.46. The van der Waals surface area contributed by atoms with Crippen LogP contribution in [0.2, 0.25) is 0 Å². The van der Waals surface area contributed by atoms with Crippen molar-refractivity contribution in [2.24, 2.45) is 0 Å². The molecule has 0 amide bonds. The molecule has 28 heavy (non-hydrogen) atoms. The molecule has 0 aromatic heterocycles. The van der Waals surface area contributed by atoms with Gasteiger partial charge in [0.1, 0.15) is 11.5 Å². The Kier molecular flexibility index (Phi) is 6.66. The molecule has 0 spiro atoms. The summed E-state index contributed by atoms with van der Waals surface area (Å²) in [5.41, 5.74) is 0.261. The number of benzene rings is 2. The maximum atomic E-state index is 13.4. The minimum Gasteiger partial charge on any atom is -0.481 e. The SMILES string of the molecule is CCc1cc(Oc2ccc(C(=O)OC)cc2C(F)(F)F)ccc1CCC(=O)O. The average Bonchev–Trinajstić information content (AvgIpc) is 2.65. The van der Waals surface area contributed by atoms with Crippen LogP contribution in [0.5, 0.6) is 11.5 Å². The molecule has 8 heteroatoms. The summed E-state index contributed by atoms with van der Waals surface area (Å²) < 4.78 is 50.1. The molecule has 0 radical (unpaired) electrons. The third-order valence-electron chi connectivity index (χ3n) is 4.10. The van der Waals surface area contributed by atoms with Crippen LogP contribution in [0.4, 0.5) is 13.2 Å². The van der Waals surface area contributed by atoms with Gasteiger partial charge in [0.15, 0.2) is 0 Å². The summed E-state index contributed by atoms with van der Waals surface area (Å²) >= 11 is 0. The van der Waals surface area contributed by atoms with Gasteiger partial charge in [-0.1, -0.05) is 13.0 Å². The van der Waals surface area contributed by atoms with Crippen LogP contribution in [0.15, 0.2) is 36.4 Å². The smallest absolute Gasteiger partial charge is 0.420 e. The van der Waals surface area contributed by atoms with Gasteiger partial charge in [-0.2, -0.15) is 13.2 Å². The number of carboxylic acid groups (broad SMARTS) is 1. The highest BCUT2D eigenvalue weighted by Gasteiger charge is 2.35. The molecule has 0 fully saturated rings. The monoisotopic (exact) mass is 396 g/mol. The van der Waals surface area contributed by atoms with Gasteiger partial charge < -0.3 is 14.6 Å². The highest BCUT2D eigenvalue weighted by molar-refractivity contribution is 5.89. The minimum absolute atomic E-state index is 0.0413. The first-order chi connectivity index (χ1) is 13.2. The van der Waals surface area contributed by atoms with Crippen LogP contribution < -0.4 is 4.74 Å². The molecule has 0 unspecified atom stereocenters. The van der Waals surface area contributed by atoms with Gasteiger partial charge >= 0.3 is 18.1 Å². The lowest BCUT2D eigenvalue weighted by atomic mass is 10.0. The Morgan fingerprint density at radius 2 is 1.79 bits per heavy atom. The molecule has 2 aromatic rings. The predicted octanol–water partition coefficient (Wildman–Crippen LogP) is 4.86. The van der Waals surface area contributed by atoms with Crippen molar-refractivity contribution in [3.8, 4) is 11.5 Å². The second-order valence-electron chi connectivity index (χ2n) is 5.98. The number of aryl methyl sites for hydroxylation is 2. The maximum absolute atomic E-state index is 13.4. The van der Waals surface area contributed by atoms with E-state index in [1.807, 2.05) is 6.92 Å². The Hall–Kier alpha value is -3.03. The van der Waals surface area contributed by atoms with E-state index in [9.17, 15) is 22.8 Å². The number of rotatable bonds is 7. The third-order valence-corrected chi connectivity index (χ3v) is 4.10. The topological polar surface area (TPSA) is 72.8 Å². The summed E-state index contributed by atoms with van der Waals surface area (Å²) in [6.07, 6.45) is -3.88. The van der Waals surface area contributed by atoms with Crippen molar-refractivity contribution in [3.63, 3.8) is 0 Å². The van der Waals surface area contributed by atoms with Crippen LogP contribution in [0.3, 0.4) is 0 Å². The van der Waals surface area contributed by atoms with E-state index >= 15 is 0 Å². The first kappa shape index (κ1) is 21.3. The fourth-order valence-electron chi connectivity index (χ4n) is 2.69. The zero-order valence-electron chi connectivity index (χ0n) is 15.3. The highest BCUT2D eigenvalue weighted by atomic mass is 19.4. The number of carboxylic acids is 1. The molecule has 0 aliphatic heterocycles. The number of alkyl halides is 3. The molecule has 0 aliphatic rings. The van der Waals surface area contributed by atoms with Crippen LogP contribution in [-0.4, -0.2) is 24.2 Å². The van der Waals surface area contributed by atoms with Crippen LogP contribution in [0, 0.1) is 0 Å². The van der Waals surface area contributed by atoms with E-state index in [1.165, 1.54) is 12.1 Å². The number of hydrogen-bond acceptors (Lipinski definition) is 4. The van der Waals surface area contributed by atoms with E-state index in [0.29, 0.717) is 18.9 Å². The number of ether oxygens (including phenoxy) is 2. The van der Waals surface area contributed by atoms with Crippen molar-refractivity contribution < 1.29 is 37.3 Å². The lowest BCUT2D eigenvalue weighted by Crippen LogP contribution is -2.10. The van der Waals surface area contributed by atoms with Crippen LogP contribution >= 0.6 is 0 Å². The molecule has 0 saturated carbocycles. The van der Waals surface area contributed by atoms with E-state index < -0.39 is 29.4 Å². The van der Waals surface area contributed by atoms with Gasteiger partial charge in [-0.3, -0.25) is 4.79 Å². The predicted molar refractivity (Wildman–Crippen MR) is 94.6 cm³/mol. The quantitative estimate of drug-likeness (QED) is 0.677. The lowest BCUT2D eigenvalue weighted by molar-refractivity contribution is -0.139. The molecule has 0 atom stereocenters. The number of esters is 1. The molecule has 2 aromatic carbocycles. The fraction of sp³-hybridized carbons (Fsp3) is 0.300. The van der Waals surface area contributed by atoms with Gasteiger partial charge in [0.25, 0.3) is 0 Å². The number of carbonyl (C=O) groups excluding carboxylic acids is 1. The van der Waals surface area contributed by atoms with E-state index in [0.717, 1.165) is 24.3 Å². The maximum Gasteiger partial charge on any atom is 0.420 e. The molecule has 0 bridgehead atoms. The molecule has 150 valence electrons. The summed E-state index contributed by atoms with van der Waals surface area (Å²) in [7, 11) is 1.08. The van der Waals surface area contributed by atoms with E-state index in [-0.39, 0.29) is 17.7 Å². The second kappa shape index (κ2) is 8.77. The molecule has 0 heterocycles. The largest absolute Gasteiger partial charge is 0.481 e. The Morgan fingerprint density at radius 3 is 2.36 bits per heavy atom. The van der Waals surface area contributed by atoms with Gasteiger partial charge in [0, 0.05) is 6.42 Å². The van der Waals surface area contributed by atoms with Crippen molar-refractivity contribution in [2.75, 3.05) is 7.11 Å². The van der Waals surface area contributed by atoms with E-state index in [4.69, 9.17) is 9.84 Å². The zero-order chi connectivity index (χ0) is 20.9. The first-order valence-corrected chi connectivity index (χ1v) is 8.46. The Labute approximate surface area is 159 Å². The number of hydrogen-bond donors (Lipinski definition) is 1. The molecule has 0 saturated heterocycles. The van der Waals surface area contributed by atoms with Crippen LogP contribution in [0.25, 0.3) is 0 Å². The average molecular weight is 396 g/mol. The van der Waals surface area contributed by atoms with Gasteiger partial charge in [0.2, 0.25) is 0 Å². The van der Waals surface area contributed by atoms with Crippen molar-refractivity contribution in [1.29, 1.82) is 0 Å². The molecular formula is C20H19F3O5. The van der Waals surface area contributed by atoms with E-state index in [1.54, 1.807) is 12.1 Å². The van der Waals surface area contributed by atoms with Gasteiger partial charge in [-0.15, -0.1) is 0 Å². The summed E-state index contributed by atoms with van der Waals surface area (Å²) in [6, 6.07) is 7.67. The van der Waals surface area contributed by atoms with E-state index in [2.05, 4.69) is 4.74 Å². The Balaban J connectivity index is 2.36. The number of methoxy groups -OCH3 is 1. The van der Waals surface area contributed by atoms with Crippen molar-refractivity contribution in [3.05, 3.63) is 58.7 Å². The zero-order valence-corrected chi connectivity index (χ0v) is 15.3. The highest BCUT2D eigenvalue weighted by Crippen LogP contribution is 2.39. The van der Waals surface area contributed by atoms with Crippen molar-refractivity contribution in [1.82, 2.24) is 0 Å². The Bertz CT molecular complexity index is 875. The molecule has 0 aliphatic carbocycles. The fourth-order valence-corrected chi connectivity index (χ4v) is 2.69. The number of aliphatic carboxylic acids is 1. The van der Waals surface area contributed by atoms with Crippen LogP contribution in [-0.2, 0) is 28.5 Å². The molecule has 2 rings (SSSR count). The van der Waals surface area contributed by atoms with Gasteiger partial charge in [-0.05, 0) is 54.3 Å². The second-order valence-corrected chi connectivity index (χ2v) is 5.98. The summed E-state index contributed by atoms with van der Waals surface area (Å²) in [6.45, 7) is 1.86. The molecular weight excluding hydrogens is 377 g/mol. The summed E-state index contributed by atoms with van der Waals surface area (Å²) in [4.78, 5) is 22.3. The summed E-state index contributed by atoms with van der Waals surface area (Å²) in [5.74, 6) is -2.07. The normalized spacial score (nSPS) is 11.2. The molecule has 5 nitrogen and oxygen atoms in total. The van der Waals surface area contributed by atoms with Crippen molar-refractivity contribution in [2.45, 2.75) is 32.4 Å². The summed E-state index contributed by atoms with van der Waals surface area (Å²) in [5, 5.41) is 8.81. The van der Waals surface area contributed by atoms with Crippen molar-refractivity contribution >= 4 is 11.9 Å². The number of carbonyl (C=O) groups is 2.